The molecule has 0 amide bonds. The average molecular weight is 243 g/mol. The number of benzene rings is 1. The molecular formula is C16H21NO. The van der Waals surface area contributed by atoms with Gasteiger partial charge in [-0.15, -0.1) is 0 Å². The van der Waals surface area contributed by atoms with Crippen LogP contribution in [0.2, 0.25) is 0 Å². The Morgan fingerprint density at radius 1 is 1.22 bits per heavy atom. The van der Waals surface area contributed by atoms with E-state index in [4.69, 9.17) is 0 Å². The second-order valence-electron chi connectivity index (χ2n) is 5.96. The van der Waals surface area contributed by atoms with Crippen LogP contribution in [0, 0.1) is 17.8 Å². The molecule has 3 atom stereocenters. The predicted molar refractivity (Wildman–Crippen MR) is 72.1 cm³/mol. The van der Waals surface area contributed by atoms with E-state index in [1.165, 1.54) is 18.4 Å². The molecule has 1 aromatic rings. The van der Waals surface area contributed by atoms with Crippen LogP contribution < -0.4 is 0 Å². The zero-order valence-electron chi connectivity index (χ0n) is 11.0. The summed E-state index contributed by atoms with van der Waals surface area (Å²) in [7, 11) is 2.13. The number of hydrogen-bond donors (Lipinski definition) is 0. The minimum absolute atomic E-state index is 0.317. The van der Waals surface area contributed by atoms with Crippen LogP contribution in [0.5, 0.6) is 0 Å². The highest BCUT2D eigenvalue weighted by atomic mass is 16.1. The van der Waals surface area contributed by atoms with E-state index < -0.39 is 0 Å². The molecule has 2 saturated carbocycles. The van der Waals surface area contributed by atoms with Gasteiger partial charge in [-0.25, -0.2) is 0 Å². The lowest BCUT2D eigenvalue weighted by molar-refractivity contribution is -0.126. The maximum absolute atomic E-state index is 12.1. The number of Topliss-reactive ketones (excluding diaryl/α,β-unsaturated/α-hetero) is 1. The summed E-state index contributed by atoms with van der Waals surface area (Å²) in [6.07, 6.45) is 3.60. The normalized spacial score (nSPS) is 30.3. The maximum atomic E-state index is 12.1. The van der Waals surface area contributed by atoms with Crippen molar-refractivity contribution in [1.29, 1.82) is 0 Å². The average Bonchev–Trinajstić information content (AvgIpc) is 2.94. The Morgan fingerprint density at radius 2 is 2.00 bits per heavy atom. The number of nitrogens with zero attached hydrogens (tertiary/aromatic N) is 1. The van der Waals surface area contributed by atoms with Crippen molar-refractivity contribution < 1.29 is 4.79 Å². The predicted octanol–water partition coefficient (Wildman–Crippen LogP) is 2.73. The summed E-state index contributed by atoms with van der Waals surface area (Å²) in [5.41, 5.74) is 1.33. The van der Waals surface area contributed by atoms with Crippen LogP contribution in [-0.4, -0.2) is 24.3 Å². The molecule has 2 aliphatic rings. The molecule has 0 aromatic heterocycles. The van der Waals surface area contributed by atoms with E-state index in [9.17, 15) is 4.79 Å². The fourth-order valence-corrected chi connectivity index (χ4v) is 3.71. The van der Waals surface area contributed by atoms with Gasteiger partial charge in [-0.2, -0.15) is 0 Å². The first-order chi connectivity index (χ1) is 8.74. The standard InChI is InChI=1S/C16H21NO/c1-17(10-12-5-3-2-4-6-12)11-15-13-7-8-14(9-13)16(15)18/h2-6,13-15H,7-11H2,1H3/t13?,14-,15+/m1/s1. The Morgan fingerprint density at radius 3 is 2.67 bits per heavy atom. The Hall–Kier alpha value is -1.15. The number of hydrogen-bond acceptors (Lipinski definition) is 2. The van der Waals surface area contributed by atoms with Gasteiger partial charge in [0.25, 0.3) is 0 Å². The third-order valence-corrected chi connectivity index (χ3v) is 4.61. The van der Waals surface area contributed by atoms with Crippen molar-refractivity contribution in [2.45, 2.75) is 25.8 Å². The van der Waals surface area contributed by atoms with Crippen LogP contribution in [0.1, 0.15) is 24.8 Å². The maximum Gasteiger partial charge on any atom is 0.140 e. The van der Waals surface area contributed by atoms with Crippen molar-refractivity contribution in [3.8, 4) is 0 Å². The molecule has 0 radical (unpaired) electrons. The molecule has 0 spiro atoms. The van der Waals surface area contributed by atoms with Crippen molar-refractivity contribution in [2.24, 2.45) is 17.8 Å². The van der Waals surface area contributed by atoms with E-state index in [0.717, 1.165) is 19.5 Å². The van der Waals surface area contributed by atoms with Crippen LogP contribution in [0.15, 0.2) is 30.3 Å². The van der Waals surface area contributed by atoms with Crippen LogP contribution in [0.25, 0.3) is 0 Å². The molecule has 96 valence electrons. The van der Waals surface area contributed by atoms with Gasteiger partial charge in [0.15, 0.2) is 0 Å². The first-order valence-electron chi connectivity index (χ1n) is 7.00. The lowest BCUT2D eigenvalue weighted by Crippen LogP contribution is -2.33. The van der Waals surface area contributed by atoms with E-state index in [-0.39, 0.29) is 0 Å². The molecule has 2 heteroatoms. The zero-order chi connectivity index (χ0) is 12.5. The summed E-state index contributed by atoms with van der Waals surface area (Å²) >= 11 is 0. The van der Waals surface area contributed by atoms with E-state index in [2.05, 4.69) is 36.2 Å². The molecular weight excluding hydrogens is 222 g/mol. The molecule has 0 N–H and O–H groups in total. The van der Waals surface area contributed by atoms with Crippen LogP contribution >= 0.6 is 0 Å². The van der Waals surface area contributed by atoms with Gasteiger partial charge in [-0.1, -0.05) is 30.3 Å². The minimum atomic E-state index is 0.317. The largest absolute Gasteiger partial charge is 0.301 e. The van der Waals surface area contributed by atoms with Crippen molar-refractivity contribution >= 4 is 5.78 Å². The van der Waals surface area contributed by atoms with Crippen LogP contribution in [-0.2, 0) is 11.3 Å². The molecule has 18 heavy (non-hydrogen) atoms. The van der Waals surface area contributed by atoms with Gasteiger partial charge >= 0.3 is 0 Å². The monoisotopic (exact) mass is 243 g/mol. The topological polar surface area (TPSA) is 20.3 Å². The van der Waals surface area contributed by atoms with Gasteiger partial charge in [0.2, 0.25) is 0 Å². The summed E-state index contributed by atoms with van der Waals surface area (Å²) in [6, 6.07) is 10.5. The third kappa shape index (κ3) is 2.22. The molecule has 0 aliphatic heterocycles. The van der Waals surface area contributed by atoms with Crippen molar-refractivity contribution in [1.82, 2.24) is 4.90 Å². The molecule has 0 heterocycles. The fraction of sp³-hybridized carbons (Fsp3) is 0.562. The SMILES string of the molecule is CN(Cc1ccccc1)C[C@@H]1C(=O)[C@@H]2CCC1C2. The van der Waals surface area contributed by atoms with Crippen molar-refractivity contribution in [2.75, 3.05) is 13.6 Å². The molecule has 1 aromatic carbocycles. The summed E-state index contributed by atoms with van der Waals surface area (Å²) < 4.78 is 0. The van der Waals surface area contributed by atoms with E-state index >= 15 is 0 Å². The third-order valence-electron chi connectivity index (χ3n) is 4.61. The van der Waals surface area contributed by atoms with E-state index in [1.54, 1.807) is 0 Å². The van der Waals surface area contributed by atoms with Gasteiger partial charge in [-0.3, -0.25) is 4.79 Å². The summed E-state index contributed by atoms with van der Waals surface area (Å²) in [5.74, 6) is 1.95. The second kappa shape index (κ2) is 4.85. The molecule has 2 fully saturated rings. The van der Waals surface area contributed by atoms with Crippen molar-refractivity contribution in [3.05, 3.63) is 35.9 Å². The number of ketones is 1. The van der Waals surface area contributed by atoms with Gasteiger partial charge in [0.1, 0.15) is 5.78 Å². The molecule has 0 saturated heterocycles. The molecule has 2 bridgehead atoms. The quantitative estimate of drug-likeness (QED) is 0.810. The Kier molecular flexibility index (Phi) is 3.21. The van der Waals surface area contributed by atoms with Crippen LogP contribution in [0.4, 0.5) is 0 Å². The Labute approximate surface area is 109 Å². The molecule has 3 rings (SSSR count). The summed E-state index contributed by atoms with van der Waals surface area (Å²) in [5, 5.41) is 0. The van der Waals surface area contributed by atoms with E-state index in [0.29, 0.717) is 23.5 Å². The Bertz CT molecular complexity index is 428. The van der Waals surface area contributed by atoms with Crippen LogP contribution in [0.3, 0.4) is 0 Å². The first kappa shape index (κ1) is 11.9. The highest BCUT2D eigenvalue weighted by Crippen LogP contribution is 2.46. The van der Waals surface area contributed by atoms with Crippen molar-refractivity contribution in [3.63, 3.8) is 0 Å². The molecule has 2 aliphatic carbocycles. The smallest absolute Gasteiger partial charge is 0.140 e. The highest BCUT2D eigenvalue weighted by Gasteiger charge is 2.46. The zero-order valence-corrected chi connectivity index (χ0v) is 11.0. The number of fused-ring (bicyclic) bond motifs is 2. The number of rotatable bonds is 4. The van der Waals surface area contributed by atoms with Gasteiger partial charge in [0.05, 0.1) is 0 Å². The molecule has 2 nitrogen and oxygen atoms in total. The molecule has 1 unspecified atom stereocenters. The van der Waals surface area contributed by atoms with Gasteiger partial charge in [0, 0.05) is 24.9 Å². The summed E-state index contributed by atoms with van der Waals surface area (Å²) in [4.78, 5) is 14.4. The number of carbonyl (C=O) groups excluding carboxylic acids is 1. The highest BCUT2D eigenvalue weighted by molar-refractivity contribution is 5.87. The van der Waals surface area contributed by atoms with Gasteiger partial charge < -0.3 is 4.90 Å². The summed E-state index contributed by atoms with van der Waals surface area (Å²) in [6.45, 7) is 1.89. The number of carbonyl (C=O) groups is 1. The lowest BCUT2D eigenvalue weighted by Gasteiger charge is -2.26. The Balaban J connectivity index is 1.58. The van der Waals surface area contributed by atoms with Gasteiger partial charge in [-0.05, 0) is 37.8 Å². The fourth-order valence-electron chi connectivity index (χ4n) is 3.71. The second-order valence-corrected chi connectivity index (χ2v) is 5.96. The minimum Gasteiger partial charge on any atom is -0.301 e. The first-order valence-corrected chi connectivity index (χ1v) is 7.00. The lowest BCUT2D eigenvalue weighted by atomic mass is 9.87. The van der Waals surface area contributed by atoms with E-state index in [1.807, 2.05) is 6.07 Å².